The van der Waals surface area contributed by atoms with Gasteiger partial charge in [0.1, 0.15) is 0 Å². The van der Waals surface area contributed by atoms with Crippen LogP contribution in [0.5, 0.6) is 0 Å². The predicted octanol–water partition coefficient (Wildman–Crippen LogP) is 3.10. The van der Waals surface area contributed by atoms with Crippen molar-refractivity contribution >= 4 is 11.8 Å². The second kappa shape index (κ2) is 4.42. The van der Waals surface area contributed by atoms with Crippen molar-refractivity contribution in [1.29, 1.82) is 0 Å². The minimum atomic E-state index is -0.495. The number of aliphatic hydroxyl groups is 1. The summed E-state index contributed by atoms with van der Waals surface area (Å²) in [6, 6.07) is 6.57. The maximum absolute atomic E-state index is 10.6. The van der Waals surface area contributed by atoms with Crippen molar-refractivity contribution in [3.63, 3.8) is 0 Å². The number of benzene rings is 1. The molecule has 0 bridgehead atoms. The molecule has 16 heavy (non-hydrogen) atoms. The van der Waals surface area contributed by atoms with E-state index in [0.29, 0.717) is 5.25 Å². The lowest BCUT2D eigenvalue weighted by Crippen LogP contribution is -2.36. The van der Waals surface area contributed by atoms with Gasteiger partial charge in [0.2, 0.25) is 0 Å². The maximum atomic E-state index is 10.6. The van der Waals surface area contributed by atoms with Crippen LogP contribution in [0.15, 0.2) is 18.2 Å². The first-order chi connectivity index (χ1) is 7.49. The first-order valence-corrected chi connectivity index (χ1v) is 6.96. The summed E-state index contributed by atoms with van der Waals surface area (Å²) in [7, 11) is 0. The van der Waals surface area contributed by atoms with Gasteiger partial charge in [0.05, 0.1) is 5.60 Å². The zero-order valence-electron chi connectivity index (χ0n) is 10.3. The molecule has 1 fully saturated rings. The number of hydrogen-bond acceptors (Lipinski definition) is 2. The summed E-state index contributed by atoms with van der Waals surface area (Å²) in [5.41, 5.74) is 3.36. The highest BCUT2D eigenvalue weighted by Crippen LogP contribution is 2.38. The lowest BCUT2D eigenvalue weighted by atomic mass is 9.88. The van der Waals surface area contributed by atoms with Gasteiger partial charge in [0.25, 0.3) is 0 Å². The summed E-state index contributed by atoms with van der Waals surface area (Å²) >= 11 is 1.88. The molecule has 2 atom stereocenters. The fourth-order valence-electron chi connectivity index (χ4n) is 2.53. The molecule has 1 aromatic carbocycles. The molecule has 1 saturated heterocycles. The van der Waals surface area contributed by atoms with Crippen molar-refractivity contribution in [2.24, 2.45) is 0 Å². The van der Waals surface area contributed by atoms with Crippen molar-refractivity contribution in [3.8, 4) is 0 Å². The lowest BCUT2D eigenvalue weighted by molar-refractivity contribution is 0.0464. The number of thioether (sulfide) groups is 1. The second-order valence-corrected chi connectivity index (χ2v) is 6.49. The van der Waals surface area contributed by atoms with E-state index < -0.39 is 5.60 Å². The normalized spacial score (nSPS) is 29.6. The summed E-state index contributed by atoms with van der Waals surface area (Å²) < 4.78 is 0. The van der Waals surface area contributed by atoms with E-state index in [1.165, 1.54) is 16.7 Å². The van der Waals surface area contributed by atoms with E-state index in [0.717, 1.165) is 18.6 Å². The molecule has 2 rings (SSSR count). The Morgan fingerprint density at radius 2 is 1.94 bits per heavy atom. The standard InChI is InChI=1S/C14H20OS/c1-10-6-11(2)8-13(7-10)9-14(15)4-5-16-12(14)3/h6-8,12,15H,4-5,9H2,1-3H3. The molecule has 1 aliphatic heterocycles. The number of aryl methyl sites for hydroxylation is 2. The molecule has 88 valence electrons. The fourth-order valence-corrected chi connectivity index (χ4v) is 3.86. The summed E-state index contributed by atoms with van der Waals surface area (Å²) in [6.45, 7) is 6.38. The number of hydrogen-bond donors (Lipinski definition) is 1. The van der Waals surface area contributed by atoms with Crippen LogP contribution < -0.4 is 0 Å². The van der Waals surface area contributed by atoms with E-state index in [2.05, 4.69) is 39.0 Å². The Balaban J connectivity index is 2.20. The van der Waals surface area contributed by atoms with Gasteiger partial charge in [-0.25, -0.2) is 0 Å². The van der Waals surface area contributed by atoms with Crippen molar-refractivity contribution in [2.75, 3.05) is 5.75 Å². The van der Waals surface area contributed by atoms with Crippen molar-refractivity contribution in [2.45, 2.75) is 44.5 Å². The van der Waals surface area contributed by atoms with Crippen LogP contribution in [-0.4, -0.2) is 21.7 Å². The first kappa shape index (κ1) is 12.0. The molecule has 2 unspecified atom stereocenters. The molecule has 1 heterocycles. The van der Waals surface area contributed by atoms with E-state index in [9.17, 15) is 5.11 Å². The van der Waals surface area contributed by atoms with Crippen LogP contribution in [0.25, 0.3) is 0 Å². The van der Waals surface area contributed by atoms with Gasteiger partial charge in [0.15, 0.2) is 0 Å². The van der Waals surface area contributed by atoms with Crippen LogP contribution >= 0.6 is 11.8 Å². The summed E-state index contributed by atoms with van der Waals surface area (Å²) in [6.07, 6.45) is 1.72. The first-order valence-electron chi connectivity index (χ1n) is 5.91. The lowest BCUT2D eigenvalue weighted by Gasteiger charge is -2.27. The molecule has 0 spiro atoms. The van der Waals surface area contributed by atoms with Gasteiger partial charge < -0.3 is 5.11 Å². The van der Waals surface area contributed by atoms with E-state index in [1.807, 2.05) is 11.8 Å². The summed E-state index contributed by atoms with van der Waals surface area (Å²) in [5.74, 6) is 1.09. The minimum Gasteiger partial charge on any atom is -0.388 e. The maximum Gasteiger partial charge on any atom is 0.0811 e. The minimum absolute atomic E-state index is 0.355. The van der Waals surface area contributed by atoms with Crippen molar-refractivity contribution in [3.05, 3.63) is 34.9 Å². The zero-order valence-corrected chi connectivity index (χ0v) is 11.1. The van der Waals surface area contributed by atoms with Crippen molar-refractivity contribution < 1.29 is 5.11 Å². The molecular weight excluding hydrogens is 216 g/mol. The molecule has 1 N–H and O–H groups in total. The van der Waals surface area contributed by atoms with Crippen LogP contribution in [0.1, 0.15) is 30.0 Å². The topological polar surface area (TPSA) is 20.2 Å². The molecule has 0 amide bonds. The molecule has 1 aliphatic rings. The third-order valence-electron chi connectivity index (χ3n) is 3.45. The van der Waals surface area contributed by atoms with Crippen molar-refractivity contribution in [1.82, 2.24) is 0 Å². The van der Waals surface area contributed by atoms with Gasteiger partial charge >= 0.3 is 0 Å². The van der Waals surface area contributed by atoms with Gasteiger partial charge in [-0.15, -0.1) is 0 Å². The van der Waals surface area contributed by atoms with Gasteiger partial charge in [0, 0.05) is 11.7 Å². The van der Waals surface area contributed by atoms with Crippen LogP contribution in [0, 0.1) is 13.8 Å². The predicted molar refractivity (Wildman–Crippen MR) is 71.1 cm³/mol. The van der Waals surface area contributed by atoms with E-state index in [-0.39, 0.29) is 0 Å². The fraction of sp³-hybridized carbons (Fsp3) is 0.571. The second-order valence-electron chi connectivity index (χ2n) is 5.04. The Labute approximate surface area is 102 Å². The van der Waals surface area contributed by atoms with Crippen LogP contribution in [-0.2, 0) is 6.42 Å². The van der Waals surface area contributed by atoms with Crippen LogP contribution in [0.3, 0.4) is 0 Å². The third kappa shape index (κ3) is 2.44. The van der Waals surface area contributed by atoms with Gasteiger partial charge in [-0.3, -0.25) is 0 Å². The summed E-state index contributed by atoms with van der Waals surface area (Å²) in [4.78, 5) is 0. The Morgan fingerprint density at radius 3 is 2.44 bits per heavy atom. The highest BCUT2D eigenvalue weighted by atomic mass is 32.2. The smallest absolute Gasteiger partial charge is 0.0811 e. The molecule has 1 nitrogen and oxygen atoms in total. The average Bonchev–Trinajstić information content (AvgIpc) is 2.44. The highest BCUT2D eigenvalue weighted by molar-refractivity contribution is 8.00. The van der Waals surface area contributed by atoms with E-state index >= 15 is 0 Å². The molecule has 0 aromatic heterocycles. The van der Waals surface area contributed by atoms with Crippen LogP contribution in [0.4, 0.5) is 0 Å². The average molecular weight is 236 g/mol. The number of rotatable bonds is 2. The monoisotopic (exact) mass is 236 g/mol. The zero-order chi connectivity index (χ0) is 11.8. The molecule has 0 aliphatic carbocycles. The Kier molecular flexibility index (Phi) is 3.32. The molecule has 1 aromatic rings. The molecular formula is C14H20OS. The van der Waals surface area contributed by atoms with Gasteiger partial charge in [-0.05, 0) is 31.6 Å². The van der Waals surface area contributed by atoms with E-state index in [4.69, 9.17) is 0 Å². The van der Waals surface area contributed by atoms with E-state index in [1.54, 1.807) is 0 Å². The molecule has 2 heteroatoms. The quantitative estimate of drug-likeness (QED) is 0.851. The molecule has 0 saturated carbocycles. The Morgan fingerprint density at radius 1 is 1.31 bits per heavy atom. The Bertz CT molecular complexity index is 368. The molecule has 0 radical (unpaired) electrons. The SMILES string of the molecule is Cc1cc(C)cc(CC2(O)CCSC2C)c1. The third-order valence-corrected chi connectivity index (χ3v) is 4.83. The van der Waals surface area contributed by atoms with Crippen LogP contribution in [0.2, 0.25) is 0 Å². The summed E-state index contributed by atoms with van der Waals surface area (Å²) in [5, 5.41) is 10.9. The Hall–Kier alpha value is -0.470. The van der Waals surface area contributed by atoms with Gasteiger partial charge in [-0.2, -0.15) is 11.8 Å². The largest absolute Gasteiger partial charge is 0.388 e. The highest BCUT2D eigenvalue weighted by Gasteiger charge is 2.38. The van der Waals surface area contributed by atoms with Gasteiger partial charge in [-0.1, -0.05) is 36.2 Å².